The number of para-hydroxylation sites is 1. The summed E-state index contributed by atoms with van der Waals surface area (Å²) >= 11 is 0. The van der Waals surface area contributed by atoms with Crippen LogP contribution in [0, 0.1) is 5.82 Å². The van der Waals surface area contributed by atoms with Crippen LogP contribution in [-0.4, -0.2) is 16.9 Å². The molecule has 6 heteroatoms. The number of nitrogens with one attached hydrogen (secondary N) is 2. The van der Waals surface area contributed by atoms with Gasteiger partial charge in [0.1, 0.15) is 11.6 Å². The van der Waals surface area contributed by atoms with Crippen LogP contribution in [0.5, 0.6) is 5.75 Å². The second-order valence-corrected chi connectivity index (χ2v) is 7.00. The molecule has 0 radical (unpaired) electrons. The number of aryl methyl sites for hydroxylation is 1. The lowest BCUT2D eigenvalue weighted by atomic mass is 10.1. The van der Waals surface area contributed by atoms with Crippen molar-refractivity contribution in [1.82, 2.24) is 5.32 Å². The minimum Gasteiger partial charge on any atom is -0.508 e. The average molecular weight is 406 g/mol. The molecule has 0 saturated heterocycles. The summed E-state index contributed by atoms with van der Waals surface area (Å²) in [5.74, 6) is -0.642. The highest BCUT2D eigenvalue weighted by atomic mass is 19.1. The van der Waals surface area contributed by atoms with Gasteiger partial charge >= 0.3 is 0 Å². The van der Waals surface area contributed by atoms with Crippen molar-refractivity contribution in [3.63, 3.8) is 0 Å². The maximum absolute atomic E-state index is 13.0. The van der Waals surface area contributed by atoms with Crippen LogP contribution in [0.4, 0.5) is 10.1 Å². The number of anilines is 1. The van der Waals surface area contributed by atoms with Crippen molar-refractivity contribution in [2.75, 3.05) is 5.32 Å². The first-order valence-electron chi connectivity index (χ1n) is 9.65. The first kappa shape index (κ1) is 21.0. The van der Waals surface area contributed by atoms with Gasteiger partial charge in [-0.3, -0.25) is 9.59 Å². The highest BCUT2D eigenvalue weighted by molar-refractivity contribution is 6.04. The quantitative estimate of drug-likeness (QED) is 0.537. The van der Waals surface area contributed by atoms with E-state index < -0.39 is 5.82 Å². The molecule has 1 atom stereocenters. The van der Waals surface area contributed by atoms with E-state index in [1.807, 2.05) is 25.1 Å². The van der Waals surface area contributed by atoms with E-state index in [4.69, 9.17) is 0 Å². The maximum atomic E-state index is 13.0. The molecule has 0 bridgehead atoms. The van der Waals surface area contributed by atoms with Gasteiger partial charge in [-0.2, -0.15) is 0 Å². The Morgan fingerprint density at radius 2 is 1.63 bits per heavy atom. The minimum absolute atomic E-state index is 0.112. The van der Waals surface area contributed by atoms with Crippen molar-refractivity contribution in [3.8, 4) is 5.75 Å². The van der Waals surface area contributed by atoms with Crippen LogP contribution in [0.2, 0.25) is 0 Å². The molecule has 3 N–H and O–H groups in total. The molecule has 0 aliphatic heterocycles. The number of carbonyl (C=O) groups excluding carboxylic acids is 2. The van der Waals surface area contributed by atoms with Crippen molar-refractivity contribution in [2.45, 2.75) is 25.8 Å². The number of amides is 2. The van der Waals surface area contributed by atoms with E-state index >= 15 is 0 Å². The third kappa shape index (κ3) is 5.67. The van der Waals surface area contributed by atoms with Crippen LogP contribution in [-0.2, 0) is 11.2 Å². The Kier molecular flexibility index (Phi) is 6.80. The molecule has 3 aromatic carbocycles. The lowest BCUT2D eigenvalue weighted by Gasteiger charge is -2.15. The van der Waals surface area contributed by atoms with Gasteiger partial charge in [-0.25, -0.2) is 4.39 Å². The Labute approximate surface area is 174 Å². The second kappa shape index (κ2) is 9.69. The molecule has 154 valence electrons. The van der Waals surface area contributed by atoms with Crippen molar-refractivity contribution in [1.29, 1.82) is 0 Å². The number of benzene rings is 3. The zero-order chi connectivity index (χ0) is 21.5. The molecule has 30 heavy (non-hydrogen) atoms. The average Bonchev–Trinajstić information content (AvgIpc) is 2.74. The molecule has 0 heterocycles. The van der Waals surface area contributed by atoms with E-state index in [0.29, 0.717) is 17.7 Å². The summed E-state index contributed by atoms with van der Waals surface area (Å²) in [6, 6.07) is 19.2. The Morgan fingerprint density at radius 1 is 0.967 bits per heavy atom. The standard InChI is InChI=1S/C24H23FN2O3/c1-16(26-23(29)15-10-18-4-2-3-5-22(18)28)17-8-13-21(14-9-17)27-24(30)19-6-11-20(25)12-7-19/h2-9,11-14,16,28H,10,15H2,1H3,(H,26,29)(H,27,30). The number of carbonyl (C=O) groups is 2. The predicted octanol–water partition coefficient (Wildman–Crippen LogP) is 4.59. The van der Waals surface area contributed by atoms with Gasteiger partial charge in [-0.1, -0.05) is 30.3 Å². The number of hydrogen-bond acceptors (Lipinski definition) is 3. The molecule has 0 aliphatic carbocycles. The van der Waals surface area contributed by atoms with E-state index in [1.165, 1.54) is 24.3 Å². The summed E-state index contributed by atoms with van der Waals surface area (Å²) in [6.07, 6.45) is 0.729. The maximum Gasteiger partial charge on any atom is 0.255 e. The lowest BCUT2D eigenvalue weighted by molar-refractivity contribution is -0.121. The highest BCUT2D eigenvalue weighted by Gasteiger charge is 2.12. The van der Waals surface area contributed by atoms with Gasteiger partial charge in [0, 0.05) is 17.7 Å². The van der Waals surface area contributed by atoms with Crippen LogP contribution in [0.1, 0.15) is 40.9 Å². The summed E-state index contributed by atoms with van der Waals surface area (Å²) in [7, 11) is 0. The van der Waals surface area contributed by atoms with Crippen LogP contribution in [0.25, 0.3) is 0 Å². The zero-order valence-corrected chi connectivity index (χ0v) is 16.6. The smallest absolute Gasteiger partial charge is 0.255 e. The first-order chi connectivity index (χ1) is 14.4. The van der Waals surface area contributed by atoms with Gasteiger partial charge in [-0.15, -0.1) is 0 Å². The molecule has 3 aromatic rings. The van der Waals surface area contributed by atoms with Crippen molar-refractivity contribution < 1.29 is 19.1 Å². The third-order valence-corrected chi connectivity index (χ3v) is 4.77. The number of phenols is 1. The third-order valence-electron chi connectivity index (χ3n) is 4.77. The van der Waals surface area contributed by atoms with Crippen LogP contribution >= 0.6 is 0 Å². The van der Waals surface area contributed by atoms with E-state index in [9.17, 15) is 19.1 Å². The van der Waals surface area contributed by atoms with Crippen LogP contribution in [0.15, 0.2) is 72.8 Å². The molecule has 0 aliphatic rings. The van der Waals surface area contributed by atoms with Crippen molar-refractivity contribution in [2.24, 2.45) is 0 Å². The van der Waals surface area contributed by atoms with Crippen molar-refractivity contribution >= 4 is 17.5 Å². The molecule has 5 nitrogen and oxygen atoms in total. The number of hydrogen-bond donors (Lipinski definition) is 3. The molecule has 0 saturated carbocycles. The van der Waals surface area contributed by atoms with E-state index in [2.05, 4.69) is 10.6 Å². The number of phenolic OH excluding ortho intramolecular Hbond substituents is 1. The van der Waals surface area contributed by atoms with E-state index in [0.717, 1.165) is 11.1 Å². The molecule has 0 spiro atoms. The lowest BCUT2D eigenvalue weighted by Crippen LogP contribution is -2.26. The van der Waals surface area contributed by atoms with Crippen LogP contribution < -0.4 is 10.6 Å². The Morgan fingerprint density at radius 3 is 2.30 bits per heavy atom. The molecular weight excluding hydrogens is 383 g/mol. The first-order valence-corrected chi connectivity index (χ1v) is 9.65. The highest BCUT2D eigenvalue weighted by Crippen LogP contribution is 2.19. The molecule has 0 aromatic heterocycles. The molecule has 0 fully saturated rings. The monoisotopic (exact) mass is 406 g/mol. The Bertz CT molecular complexity index is 1020. The molecule has 1 unspecified atom stereocenters. The molecular formula is C24H23FN2O3. The number of rotatable bonds is 7. The van der Waals surface area contributed by atoms with Gasteiger partial charge in [0.25, 0.3) is 5.91 Å². The number of aromatic hydroxyl groups is 1. The second-order valence-electron chi connectivity index (χ2n) is 7.00. The normalized spacial score (nSPS) is 11.5. The summed E-state index contributed by atoms with van der Waals surface area (Å²) in [5, 5.41) is 15.5. The predicted molar refractivity (Wildman–Crippen MR) is 114 cm³/mol. The van der Waals surface area contributed by atoms with Gasteiger partial charge in [0.2, 0.25) is 5.91 Å². The fourth-order valence-corrected chi connectivity index (χ4v) is 3.03. The largest absolute Gasteiger partial charge is 0.508 e. The van der Waals surface area contributed by atoms with Gasteiger partial charge < -0.3 is 15.7 Å². The fourth-order valence-electron chi connectivity index (χ4n) is 3.03. The van der Waals surface area contributed by atoms with E-state index in [-0.39, 0.29) is 30.0 Å². The summed E-state index contributed by atoms with van der Waals surface area (Å²) in [6.45, 7) is 1.88. The van der Waals surface area contributed by atoms with Gasteiger partial charge in [0.05, 0.1) is 6.04 Å². The fraction of sp³-hybridized carbons (Fsp3) is 0.167. The topological polar surface area (TPSA) is 78.4 Å². The summed E-state index contributed by atoms with van der Waals surface area (Å²) in [4.78, 5) is 24.4. The number of halogens is 1. The summed E-state index contributed by atoms with van der Waals surface area (Å²) in [5.41, 5.74) is 2.60. The van der Waals surface area contributed by atoms with Gasteiger partial charge in [0.15, 0.2) is 0 Å². The van der Waals surface area contributed by atoms with Crippen molar-refractivity contribution in [3.05, 3.63) is 95.3 Å². The zero-order valence-electron chi connectivity index (χ0n) is 16.6. The van der Waals surface area contributed by atoms with Gasteiger partial charge in [-0.05, 0) is 66.9 Å². The minimum atomic E-state index is -0.396. The molecule has 2 amide bonds. The molecule has 3 rings (SSSR count). The Hall–Kier alpha value is -3.67. The van der Waals surface area contributed by atoms with Crippen LogP contribution in [0.3, 0.4) is 0 Å². The summed E-state index contributed by atoms with van der Waals surface area (Å²) < 4.78 is 13.0. The van der Waals surface area contributed by atoms with E-state index in [1.54, 1.807) is 30.3 Å². The SMILES string of the molecule is CC(NC(=O)CCc1ccccc1O)c1ccc(NC(=O)c2ccc(F)cc2)cc1. The Balaban J connectivity index is 1.52.